The first-order chi connectivity index (χ1) is 10.7. The molecule has 2 aromatic rings. The first-order valence-corrected chi connectivity index (χ1v) is 7.63. The molecule has 5 heteroatoms. The maximum atomic E-state index is 12.6. The molecule has 1 saturated heterocycles. The van der Waals surface area contributed by atoms with Gasteiger partial charge < -0.3 is 14.1 Å². The van der Waals surface area contributed by atoms with Crippen LogP contribution in [0.4, 0.5) is 0 Å². The van der Waals surface area contributed by atoms with E-state index in [9.17, 15) is 9.59 Å². The van der Waals surface area contributed by atoms with E-state index in [2.05, 4.69) is 0 Å². The molecule has 116 valence electrons. The van der Waals surface area contributed by atoms with Crippen molar-refractivity contribution in [2.75, 3.05) is 19.7 Å². The van der Waals surface area contributed by atoms with Gasteiger partial charge in [-0.05, 0) is 31.9 Å². The Hall–Kier alpha value is -2.14. The second-order valence-corrected chi connectivity index (χ2v) is 5.46. The highest BCUT2D eigenvalue weighted by atomic mass is 16.5. The lowest BCUT2D eigenvalue weighted by molar-refractivity contribution is 0.0536. The van der Waals surface area contributed by atoms with Crippen LogP contribution in [0.25, 0.3) is 11.0 Å². The van der Waals surface area contributed by atoms with Crippen LogP contribution in [0, 0.1) is 0 Å². The Morgan fingerprint density at radius 2 is 2.18 bits per heavy atom. The van der Waals surface area contributed by atoms with Gasteiger partial charge in [0.1, 0.15) is 11.1 Å². The summed E-state index contributed by atoms with van der Waals surface area (Å²) >= 11 is 0. The molecule has 1 aliphatic heterocycles. The quantitative estimate of drug-likeness (QED) is 0.814. The van der Waals surface area contributed by atoms with Gasteiger partial charge in [0.25, 0.3) is 5.91 Å². The van der Waals surface area contributed by atoms with Gasteiger partial charge in [-0.15, -0.1) is 0 Å². The molecule has 2 heterocycles. The van der Waals surface area contributed by atoms with Gasteiger partial charge in [0.15, 0.2) is 0 Å². The molecule has 1 aromatic heterocycles. The summed E-state index contributed by atoms with van der Waals surface area (Å²) in [5.74, 6) is -0.294. The Labute approximate surface area is 128 Å². The minimum Gasteiger partial charge on any atom is -0.422 e. The lowest BCUT2D eigenvalue weighted by Crippen LogP contribution is -2.39. The van der Waals surface area contributed by atoms with E-state index < -0.39 is 5.63 Å². The second kappa shape index (κ2) is 6.32. The summed E-state index contributed by atoms with van der Waals surface area (Å²) in [6.45, 7) is 3.69. The van der Waals surface area contributed by atoms with E-state index in [1.807, 2.05) is 19.1 Å². The number of benzene rings is 1. The Morgan fingerprint density at radius 3 is 2.91 bits per heavy atom. The van der Waals surface area contributed by atoms with E-state index in [0.717, 1.165) is 24.8 Å². The molecule has 0 saturated carbocycles. The SMILES string of the molecule is CCN(C[C@H]1CCCO1)C(=O)c1cc2ccccc2oc1=O. The second-order valence-electron chi connectivity index (χ2n) is 5.46. The van der Waals surface area contributed by atoms with Crippen molar-refractivity contribution in [2.24, 2.45) is 0 Å². The third-order valence-electron chi connectivity index (χ3n) is 3.99. The summed E-state index contributed by atoms with van der Waals surface area (Å²) in [6, 6.07) is 8.80. The van der Waals surface area contributed by atoms with Gasteiger partial charge in [-0.25, -0.2) is 4.79 Å². The molecule has 0 unspecified atom stereocenters. The lowest BCUT2D eigenvalue weighted by atomic mass is 10.1. The molecular formula is C17H19NO4. The Bertz CT molecular complexity index is 731. The van der Waals surface area contributed by atoms with Crippen molar-refractivity contribution in [1.82, 2.24) is 4.90 Å². The van der Waals surface area contributed by atoms with Crippen LogP contribution in [0.2, 0.25) is 0 Å². The molecule has 0 aliphatic carbocycles. The topological polar surface area (TPSA) is 59.8 Å². The summed E-state index contributed by atoms with van der Waals surface area (Å²) in [5.41, 5.74) is -0.0146. The normalized spacial score (nSPS) is 17.8. The molecular weight excluding hydrogens is 282 g/mol. The van der Waals surface area contributed by atoms with Crippen LogP contribution in [0.5, 0.6) is 0 Å². The van der Waals surface area contributed by atoms with Gasteiger partial charge in [-0.2, -0.15) is 0 Å². The molecule has 3 rings (SSSR count). The maximum Gasteiger partial charge on any atom is 0.349 e. The van der Waals surface area contributed by atoms with E-state index in [1.165, 1.54) is 0 Å². The number of likely N-dealkylation sites (N-methyl/N-ethyl adjacent to an activating group) is 1. The number of amides is 1. The zero-order chi connectivity index (χ0) is 15.5. The fourth-order valence-electron chi connectivity index (χ4n) is 2.77. The highest BCUT2D eigenvalue weighted by Crippen LogP contribution is 2.16. The van der Waals surface area contributed by atoms with Crippen molar-refractivity contribution in [3.05, 3.63) is 46.3 Å². The predicted octanol–water partition coefficient (Wildman–Crippen LogP) is 2.43. The summed E-state index contributed by atoms with van der Waals surface area (Å²) in [4.78, 5) is 26.4. The monoisotopic (exact) mass is 301 g/mol. The fraction of sp³-hybridized carbons (Fsp3) is 0.412. The summed E-state index contributed by atoms with van der Waals surface area (Å²) in [6.07, 6.45) is 2.04. The standard InChI is InChI=1S/C17H19NO4/c1-2-18(11-13-7-5-9-21-13)16(19)14-10-12-6-3-4-8-15(12)22-17(14)20/h3-4,6,8,10,13H,2,5,7,9,11H2,1H3/t13-/m1/s1. The third kappa shape index (κ3) is 2.90. The minimum absolute atomic E-state index is 0.0661. The molecule has 0 bridgehead atoms. The Balaban J connectivity index is 1.89. The first kappa shape index (κ1) is 14.8. The van der Waals surface area contributed by atoms with Gasteiger partial charge in [0, 0.05) is 25.1 Å². The van der Waals surface area contributed by atoms with Crippen LogP contribution in [0.3, 0.4) is 0 Å². The highest BCUT2D eigenvalue weighted by molar-refractivity contribution is 5.96. The van der Waals surface area contributed by atoms with Crippen LogP contribution in [0.1, 0.15) is 30.1 Å². The molecule has 0 spiro atoms. The smallest absolute Gasteiger partial charge is 0.349 e. The summed E-state index contributed by atoms with van der Waals surface area (Å²) in [5, 5.41) is 0.749. The van der Waals surface area contributed by atoms with Gasteiger partial charge in [0.05, 0.1) is 6.10 Å². The zero-order valence-electron chi connectivity index (χ0n) is 12.6. The Kier molecular flexibility index (Phi) is 4.24. The first-order valence-electron chi connectivity index (χ1n) is 7.63. The molecule has 1 aliphatic rings. The van der Waals surface area contributed by atoms with Crippen molar-refractivity contribution < 1.29 is 13.9 Å². The largest absolute Gasteiger partial charge is 0.422 e. The van der Waals surface area contributed by atoms with Crippen molar-refractivity contribution >= 4 is 16.9 Å². The molecule has 1 amide bonds. The van der Waals surface area contributed by atoms with Crippen molar-refractivity contribution in [3.8, 4) is 0 Å². The van der Waals surface area contributed by atoms with Gasteiger partial charge in [0.2, 0.25) is 0 Å². The Morgan fingerprint density at radius 1 is 1.36 bits per heavy atom. The van der Waals surface area contributed by atoms with Crippen molar-refractivity contribution in [2.45, 2.75) is 25.9 Å². The number of hydrogen-bond acceptors (Lipinski definition) is 4. The molecule has 1 atom stereocenters. The van der Waals surface area contributed by atoms with Crippen LogP contribution in [-0.4, -0.2) is 36.6 Å². The molecule has 5 nitrogen and oxygen atoms in total. The maximum absolute atomic E-state index is 12.6. The van der Waals surface area contributed by atoms with Crippen LogP contribution in [0.15, 0.2) is 39.5 Å². The van der Waals surface area contributed by atoms with Gasteiger partial charge in [-0.1, -0.05) is 18.2 Å². The van der Waals surface area contributed by atoms with Gasteiger partial charge >= 0.3 is 5.63 Å². The highest BCUT2D eigenvalue weighted by Gasteiger charge is 2.24. The predicted molar refractivity (Wildman–Crippen MR) is 83.0 cm³/mol. The molecule has 1 fully saturated rings. The summed E-state index contributed by atoms with van der Waals surface area (Å²) < 4.78 is 10.8. The van der Waals surface area contributed by atoms with Gasteiger partial charge in [-0.3, -0.25) is 4.79 Å². The third-order valence-corrected chi connectivity index (χ3v) is 3.99. The number of para-hydroxylation sites is 1. The van der Waals surface area contributed by atoms with Crippen LogP contribution < -0.4 is 5.63 Å². The fourth-order valence-corrected chi connectivity index (χ4v) is 2.77. The minimum atomic E-state index is -0.588. The number of ether oxygens (including phenoxy) is 1. The van der Waals surface area contributed by atoms with Crippen LogP contribution >= 0.6 is 0 Å². The molecule has 0 radical (unpaired) electrons. The lowest BCUT2D eigenvalue weighted by Gasteiger charge is -2.23. The average Bonchev–Trinajstić information content (AvgIpc) is 3.04. The van der Waals surface area contributed by atoms with E-state index in [-0.39, 0.29) is 17.6 Å². The number of fused-ring (bicyclic) bond motifs is 1. The number of hydrogen-bond donors (Lipinski definition) is 0. The summed E-state index contributed by atoms with van der Waals surface area (Å²) in [7, 11) is 0. The van der Waals surface area contributed by atoms with Crippen molar-refractivity contribution in [1.29, 1.82) is 0 Å². The van der Waals surface area contributed by atoms with Crippen LogP contribution in [-0.2, 0) is 4.74 Å². The zero-order valence-corrected chi connectivity index (χ0v) is 12.6. The van der Waals surface area contributed by atoms with E-state index in [1.54, 1.807) is 23.1 Å². The van der Waals surface area contributed by atoms with Crippen molar-refractivity contribution in [3.63, 3.8) is 0 Å². The van der Waals surface area contributed by atoms with E-state index in [4.69, 9.17) is 9.15 Å². The molecule has 22 heavy (non-hydrogen) atoms. The van der Waals surface area contributed by atoms with E-state index >= 15 is 0 Å². The molecule has 1 aromatic carbocycles. The average molecular weight is 301 g/mol. The number of carbonyl (C=O) groups is 1. The number of carbonyl (C=O) groups excluding carboxylic acids is 1. The van der Waals surface area contributed by atoms with E-state index in [0.29, 0.717) is 18.7 Å². The molecule has 0 N–H and O–H groups in total. The number of rotatable bonds is 4. The number of nitrogens with zero attached hydrogens (tertiary/aromatic N) is 1.